The maximum atomic E-state index is 12.3. The lowest BCUT2D eigenvalue weighted by molar-refractivity contribution is -0.120. The van der Waals surface area contributed by atoms with E-state index in [4.69, 9.17) is 0 Å². The lowest BCUT2D eigenvalue weighted by Gasteiger charge is -2.20. The maximum Gasteiger partial charge on any atom is 0.227 e. The number of hydrogen-bond acceptors (Lipinski definition) is 2. The summed E-state index contributed by atoms with van der Waals surface area (Å²) in [6, 6.07) is 5.87. The molecule has 0 saturated carbocycles. The molecule has 1 aliphatic carbocycles. The van der Waals surface area contributed by atoms with Gasteiger partial charge in [-0.05, 0) is 37.5 Å². The van der Waals surface area contributed by atoms with Crippen LogP contribution in [0, 0.1) is 12.8 Å². The topological polar surface area (TPSA) is 57.8 Å². The lowest BCUT2D eigenvalue weighted by Crippen LogP contribution is -2.28. The van der Waals surface area contributed by atoms with Crippen LogP contribution < -0.4 is 5.32 Å². The molecule has 0 aliphatic heterocycles. The van der Waals surface area contributed by atoms with E-state index in [0.29, 0.717) is 0 Å². The van der Waals surface area contributed by atoms with Gasteiger partial charge in [-0.3, -0.25) is 4.79 Å². The van der Waals surface area contributed by atoms with Gasteiger partial charge in [-0.1, -0.05) is 22.0 Å². The number of imidazole rings is 1. The number of H-pyrrole nitrogens is 1. The summed E-state index contributed by atoms with van der Waals surface area (Å²) in [5.74, 6) is 0.101. The van der Waals surface area contributed by atoms with Gasteiger partial charge in [0.05, 0.1) is 12.0 Å². The molecule has 1 atom stereocenters. The third-order valence-electron chi connectivity index (χ3n) is 3.80. The van der Waals surface area contributed by atoms with Crippen LogP contribution >= 0.6 is 15.9 Å². The number of carbonyl (C=O) groups excluding carboxylic acids is 1. The summed E-state index contributed by atoms with van der Waals surface area (Å²) in [4.78, 5) is 19.7. The molecule has 104 valence electrons. The van der Waals surface area contributed by atoms with Crippen LogP contribution in [0.15, 0.2) is 29.0 Å². The first-order valence-electron chi connectivity index (χ1n) is 6.71. The molecule has 1 aromatic carbocycles. The van der Waals surface area contributed by atoms with Crippen LogP contribution in [0.25, 0.3) is 0 Å². The van der Waals surface area contributed by atoms with Crippen molar-refractivity contribution in [2.24, 2.45) is 5.92 Å². The Morgan fingerprint density at radius 1 is 1.50 bits per heavy atom. The fourth-order valence-corrected chi connectivity index (χ4v) is 2.92. The Bertz CT molecular complexity index is 650. The van der Waals surface area contributed by atoms with Crippen molar-refractivity contribution in [1.82, 2.24) is 9.97 Å². The molecule has 5 heteroatoms. The van der Waals surface area contributed by atoms with Gasteiger partial charge in [-0.15, -0.1) is 0 Å². The Morgan fingerprint density at radius 2 is 2.35 bits per heavy atom. The van der Waals surface area contributed by atoms with E-state index in [1.54, 1.807) is 6.33 Å². The van der Waals surface area contributed by atoms with Crippen LogP contribution in [0.5, 0.6) is 0 Å². The lowest BCUT2D eigenvalue weighted by atomic mass is 9.89. The molecule has 0 saturated heterocycles. The van der Waals surface area contributed by atoms with Crippen molar-refractivity contribution >= 4 is 27.5 Å². The summed E-state index contributed by atoms with van der Waals surface area (Å²) in [5, 5.41) is 3.00. The van der Waals surface area contributed by atoms with Crippen LogP contribution in [-0.4, -0.2) is 15.9 Å². The summed E-state index contributed by atoms with van der Waals surface area (Å²) < 4.78 is 1.01. The number of anilines is 1. The number of aromatic nitrogens is 2. The van der Waals surface area contributed by atoms with E-state index in [0.717, 1.165) is 46.4 Å². The minimum atomic E-state index is 0.0167. The highest BCUT2D eigenvalue weighted by molar-refractivity contribution is 9.10. The zero-order valence-electron chi connectivity index (χ0n) is 11.2. The van der Waals surface area contributed by atoms with E-state index in [1.165, 1.54) is 0 Å². The second kappa shape index (κ2) is 5.40. The number of aromatic amines is 1. The molecule has 0 radical (unpaired) electrons. The SMILES string of the molecule is Cc1ccc(NC(=O)C2CCc3nc[nH]c3C2)cc1Br. The quantitative estimate of drug-likeness (QED) is 0.886. The van der Waals surface area contributed by atoms with Crippen molar-refractivity contribution in [3.63, 3.8) is 0 Å². The number of amides is 1. The normalized spacial score (nSPS) is 17.6. The largest absolute Gasteiger partial charge is 0.348 e. The fourth-order valence-electron chi connectivity index (χ4n) is 2.54. The predicted molar refractivity (Wildman–Crippen MR) is 81.6 cm³/mol. The average molecular weight is 334 g/mol. The summed E-state index contributed by atoms with van der Waals surface area (Å²) in [6.45, 7) is 2.02. The van der Waals surface area contributed by atoms with Gasteiger partial charge in [0.2, 0.25) is 5.91 Å². The third kappa shape index (κ3) is 2.63. The van der Waals surface area contributed by atoms with Gasteiger partial charge in [0, 0.05) is 28.2 Å². The van der Waals surface area contributed by atoms with Crippen molar-refractivity contribution in [3.8, 4) is 0 Å². The monoisotopic (exact) mass is 333 g/mol. The molecule has 4 nitrogen and oxygen atoms in total. The van der Waals surface area contributed by atoms with E-state index in [2.05, 4.69) is 31.2 Å². The number of benzene rings is 1. The number of nitrogens with one attached hydrogen (secondary N) is 2. The van der Waals surface area contributed by atoms with Crippen molar-refractivity contribution in [2.75, 3.05) is 5.32 Å². The first-order chi connectivity index (χ1) is 9.63. The molecular formula is C15H16BrN3O. The van der Waals surface area contributed by atoms with Crippen LogP contribution in [-0.2, 0) is 17.6 Å². The summed E-state index contributed by atoms with van der Waals surface area (Å²) in [7, 11) is 0. The minimum Gasteiger partial charge on any atom is -0.348 e. The standard InChI is InChI=1S/C15H16BrN3O/c1-9-2-4-11(7-12(9)16)19-15(20)10-3-5-13-14(6-10)18-8-17-13/h2,4,7-8,10H,3,5-6H2,1H3,(H,17,18)(H,19,20). The van der Waals surface area contributed by atoms with Crippen LogP contribution in [0.2, 0.25) is 0 Å². The van der Waals surface area contributed by atoms with Crippen molar-refractivity contribution in [1.29, 1.82) is 0 Å². The average Bonchev–Trinajstić information content (AvgIpc) is 2.90. The van der Waals surface area contributed by atoms with Gasteiger partial charge in [0.25, 0.3) is 0 Å². The molecule has 1 aliphatic rings. The van der Waals surface area contributed by atoms with Gasteiger partial charge in [0.15, 0.2) is 0 Å². The highest BCUT2D eigenvalue weighted by Gasteiger charge is 2.26. The van der Waals surface area contributed by atoms with Crippen LogP contribution in [0.3, 0.4) is 0 Å². The Morgan fingerprint density at radius 3 is 3.15 bits per heavy atom. The predicted octanol–water partition coefficient (Wildman–Crippen LogP) is 3.22. The first kappa shape index (κ1) is 13.4. The van der Waals surface area contributed by atoms with E-state index in [-0.39, 0.29) is 11.8 Å². The molecule has 1 aromatic heterocycles. The smallest absolute Gasteiger partial charge is 0.227 e. The van der Waals surface area contributed by atoms with Gasteiger partial charge < -0.3 is 10.3 Å². The molecule has 0 bridgehead atoms. The maximum absolute atomic E-state index is 12.3. The number of hydrogen-bond donors (Lipinski definition) is 2. The number of fused-ring (bicyclic) bond motifs is 1. The molecule has 2 N–H and O–H groups in total. The molecule has 3 rings (SSSR count). The second-order valence-corrected chi connectivity index (χ2v) is 6.08. The Labute approximate surface area is 126 Å². The van der Waals surface area contributed by atoms with Gasteiger partial charge in [-0.25, -0.2) is 4.98 Å². The van der Waals surface area contributed by atoms with E-state index < -0.39 is 0 Å². The molecule has 2 aromatic rings. The number of carbonyl (C=O) groups is 1. The van der Waals surface area contributed by atoms with Crippen molar-refractivity contribution in [3.05, 3.63) is 46.0 Å². The number of aryl methyl sites for hydroxylation is 2. The first-order valence-corrected chi connectivity index (χ1v) is 7.51. The summed E-state index contributed by atoms with van der Waals surface area (Å²) in [6.07, 6.45) is 4.18. The van der Waals surface area contributed by atoms with Gasteiger partial charge in [-0.2, -0.15) is 0 Å². The molecular weight excluding hydrogens is 318 g/mol. The molecule has 20 heavy (non-hydrogen) atoms. The van der Waals surface area contributed by atoms with Gasteiger partial charge >= 0.3 is 0 Å². The third-order valence-corrected chi connectivity index (χ3v) is 4.65. The zero-order chi connectivity index (χ0) is 14.1. The van der Waals surface area contributed by atoms with Crippen LogP contribution in [0.1, 0.15) is 23.4 Å². The highest BCUT2D eigenvalue weighted by atomic mass is 79.9. The Balaban J connectivity index is 1.69. The van der Waals surface area contributed by atoms with Gasteiger partial charge in [0.1, 0.15) is 0 Å². The molecule has 1 amide bonds. The number of halogens is 1. The Hall–Kier alpha value is -1.62. The molecule has 1 unspecified atom stereocenters. The van der Waals surface area contributed by atoms with E-state index in [1.807, 2.05) is 25.1 Å². The second-order valence-electron chi connectivity index (χ2n) is 5.22. The highest BCUT2D eigenvalue weighted by Crippen LogP contribution is 2.25. The Kier molecular flexibility index (Phi) is 3.61. The van der Waals surface area contributed by atoms with Crippen molar-refractivity contribution in [2.45, 2.75) is 26.2 Å². The number of nitrogens with zero attached hydrogens (tertiary/aromatic N) is 1. The van der Waals surface area contributed by atoms with Crippen molar-refractivity contribution < 1.29 is 4.79 Å². The molecule has 0 spiro atoms. The van der Waals surface area contributed by atoms with E-state index >= 15 is 0 Å². The molecule has 1 heterocycles. The fraction of sp³-hybridized carbons (Fsp3) is 0.333. The molecule has 0 fully saturated rings. The zero-order valence-corrected chi connectivity index (χ0v) is 12.8. The number of rotatable bonds is 2. The summed E-state index contributed by atoms with van der Waals surface area (Å²) >= 11 is 3.48. The van der Waals surface area contributed by atoms with E-state index in [9.17, 15) is 4.79 Å². The van der Waals surface area contributed by atoms with Crippen LogP contribution in [0.4, 0.5) is 5.69 Å². The minimum absolute atomic E-state index is 0.0167. The summed E-state index contributed by atoms with van der Waals surface area (Å²) in [5.41, 5.74) is 4.19.